The Kier molecular flexibility index (Phi) is 4.09. The van der Waals surface area contributed by atoms with E-state index in [2.05, 4.69) is 26.6 Å². The van der Waals surface area contributed by atoms with Crippen molar-refractivity contribution in [2.75, 3.05) is 6.54 Å². The third-order valence-electron chi connectivity index (χ3n) is 1.36. The van der Waals surface area contributed by atoms with Crippen LogP contribution in [0, 0.1) is 0 Å². The number of rotatable bonds is 2. The van der Waals surface area contributed by atoms with Gasteiger partial charge < -0.3 is 9.73 Å². The number of furan rings is 1. The molecule has 0 radical (unpaired) electrons. The smallest absolute Gasteiger partial charge is 0.293 e. The van der Waals surface area contributed by atoms with Crippen LogP contribution < -0.4 is 10.6 Å². The second kappa shape index (κ2) is 5.11. The molecule has 6 heteroatoms. The van der Waals surface area contributed by atoms with Gasteiger partial charge in [-0.15, -0.1) is 0 Å². The average molecular weight is 277 g/mol. The molecule has 0 aliphatic carbocycles. The molecule has 14 heavy (non-hydrogen) atoms. The van der Waals surface area contributed by atoms with Gasteiger partial charge in [0.05, 0.1) is 0 Å². The van der Waals surface area contributed by atoms with Gasteiger partial charge in [0.15, 0.2) is 15.5 Å². The van der Waals surface area contributed by atoms with E-state index in [9.17, 15) is 4.79 Å². The molecule has 0 fully saturated rings. The van der Waals surface area contributed by atoms with E-state index in [4.69, 9.17) is 16.6 Å². The third-order valence-corrected chi connectivity index (χ3v) is 2.03. The minimum absolute atomic E-state index is 0.220. The molecule has 1 rings (SSSR count). The number of hydrogen-bond donors (Lipinski definition) is 2. The van der Waals surface area contributed by atoms with Crippen molar-refractivity contribution in [1.29, 1.82) is 0 Å². The Morgan fingerprint density at radius 1 is 1.64 bits per heavy atom. The molecule has 0 aliphatic heterocycles. The van der Waals surface area contributed by atoms with Crippen molar-refractivity contribution < 1.29 is 9.21 Å². The molecule has 1 aromatic rings. The van der Waals surface area contributed by atoms with Crippen molar-refractivity contribution in [2.24, 2.45) is 0 Å². The van der Waals surface area contributed by atoms with E-state index in [0.29, 0.717) is 16.3 Å². The molecular weight excluding hydrogens is 268 g/mol. The van der Waals surface area contributed by atoms with Crippen LogP contribution in [0.5, 0.6) is 0 Å². The number of halogens is 1. The predicted molar refractivity (Wildman–Crippen MR) is 60.1 cm³/mol. The maximum absolute atomic E-state index is 11.4. The first-order valence-electron chi connectivity index (χ1n) is 3.98. The Bertz CT molecular complexity index is 351. The lowest BCUT2D eigenvalue weighted by molar-refractivity contribution is 0.0948. The summed E-state index contributed by atoms with van der Waals surface area (Å²) in [6, 6.07) is 3.21. The van der Waals surface area contributed by atoms with Crippen molar-refractivity contribution in [1.82, 2.24) is 10.6 Å². The maximum Gasteiger partial charge on any atom is 0.293 e. The first kappa shape index (κ1) is 11.2. The highest BCUT2D eigenvalue weighted by molar-refractivity contribution is 9.10. The van der Waals surface area contributed by atoms with Crippen molar-refractivity contribution >= 4 is 39.2 Å². The van der Waals surface area contributed by atoms with Gasteiger partial charge in [-0.1, -0.05) is 0 Å². The number of nitrogens with one attached hydrogen (secondary N) is 2. The lowest BCUT2D eigenvalue weighted by atomic mass is 10.4. The summed E-state index contributed by atoms with van der Waals surface area (Å²) in [5.74, 6) is -0.140. The first-order chi connectivity index (χ1) is 6.63. The molecule has 1 heterocycles. The first-order valence-corrected chi connectivity index (χ1v) is 5.18. The van der Waals surface area contributed by atoms with Crippen LogP contribution in [0.15, 0.2) is 21.2 Å². The zero-order valence-corrected chi connectivity index (χ0v) is 9.87. The predicted octanol–water partition coefficient (Wildman–Crippen LogP) is 1.67. The van der Waals surface area contributed by atoms with Crippen molar-refractivity contribution in [3.63, 3.8) is 0 Å². The third kappa shape index (κ3) is 3.12. The maximum atomic E-state index is 11.4. The van der Waals surface area contributed by atoms with E-state index in [1.54, 1.807) is 12.1 Å². The molecule has 0 bridgehead atoms. The molecule has 1 aromatic heterocycles. The van der Waals surface area contributed by atoms with Crippen molar-refractivity contribution in [3.05, 3.63) is 22.6 Å². The highest BCUT2D eigenvalue weighted by Gasteiger charge is 2.10. The fourth-order valence-electron chi connectivity index (χ4n) is 0.806. The second-order valence-corrected chi connectivity index (χ2v) is 3.61. The van der Waals surface area contributed by atoms with Crippen molar-refractivity contribution in [3.8, 4) is 0 Å². The molecule has 4 nitrogen and oxygen atoms in total. The Morgan fingerprint density at radius 3 is 2.86 bits per heavy atom. The van der Waals surface area contributed by atoms with E-state index in [0.717, 1.165) is 0 Å². The van der Waals surface area contributed by atoms with Crippen molar-refractivity contribution in [2.45, 2.75) is 6.92 Å². The lowest BCUT2D eigenvalue weighted by Gasteiger charge is -2.04. The van der Waals surface area contributed by atoms with Gasteiger partial charge in [-0.25, -0.2) is 0 Å². The fraction of sp³-hybridized carbons (Fsp3) is 0.250. The van der Waals surface area contributed by atoms with Gasteiger partial charge in [0, 0.05) is 6.54 Å². The van der Waals surface area contributed by atoms with Gasteiger partial charge in [0.25, 0.3) is 5.91 Å². The Hall–Kier alpha value is -0.880. The highest BCUT2D eigenvalue weighted by Crippen LogP contribution is 2.13. The molecular formula is C8H9BrN2O2S. The van der Waals surface area contributed by atoms with Crippen LogP contribution in [0.4, 0.5) is 0 Å². The Labute approximate surface area is 95.2 Å². The zero-order valence-electron chi connectivity index (χ0n) is 7.46. The number of carbonyl (C=O) groups is 1. The minimum Gasteiger partial charge on any atom is -0.444 e. The zero-order chi connectivity index (χ0) is 10.6. The van der Waals surface area contributed by atoms with Gasteiger partial charge in [-0.2, -0.15) is 0 Å². The average Bonchev–Trinajstić information content (AvgIpc) is 2.52. The summed E-state index contributed by atoms with van der Waals surface area (Å²) in [4.78, 5) is 11.4. The molecule has 1 amide bonds. The molecule has 0 aliphatic rings. The van der Waals surface area contributed by atoms with Crippen LogP contribution in [-0.2, 0) is 0 Å². The largest absolute Gasteiger partial charge is 0.444 e. The number of carbonyl (C=O) groups excluding carboxylic acids is 1. The molecule has 0 unspecified atom stereocenters. The normalized spacial score (nSPS) is 9.57. The van der Waals surface area contributed by atoms with Crippen LogP contribution in [-0.4, -0.2) is 17.6 Å². The number of hydrogen-bond acceptors (Lipinski definition) is 3. The van der Waals surface area contributed by atoms with Crippen LogP contribution in [0.25, 0.3) is 0 Å². The van der Waals surface area contributed by atoms with Crippen LogP contribution >= 0.6 is 28.1 Å². The van der Waals surface area contributed by atoms with Crippen LogP contribution in [0.3, 0.4) is 0 Å². The van der Waals surface area contributed by atoms with Gasteiger partial charge in [0.2, 0.25) is 0 Å². The molecule has 0 atom stereocenters. The molecule has 0 aromatic carbocycles. The van der Waals surface area contributed by atoms with Crippen LogP contribution in [0.1, 0.15) is 17.5 Å². The Morgan fingerprint density at radius 2 is 2.36 bits per heavy atom. The highest BCUT2D eigenvalue weighted by atomic mass is 79.9. The van der Waals surface area contributed by atoms with Gasteiger partial charge in [0.1, 0.15) is 0 Å². The standard InChI is InChI=1S/C8H9BrN2O2S/c1-2-10-8(14)11-7(12)5-3-4-6(9)13-5/h3-4H,2H2,1H3,(H2,10,11,12,14). The van der Waals surface area contributed by atoms with E-state index in [1.165, 1.54) is 0 Å². The summed E-state index contributed by atoms with van der Waals surface area (Å²) >= 11 is 7.94. The Balaban J connectivity index is 2.55. The minimum atomic E-state index is -0.360. The van der Waals surface area contributed by atoms with Gasteiger partial charge in [-0.05, 0) is 47.2 Å². The summed E-state index contributed by atoms with van der Waals surface area (Å²) < 4.78 is 5.55. The molecule has 0 saturated heterocycles. The topological polar surface area (TPSA) is 54.3 Å². The van der Waals surface area contributed by atoms with E-state index in [-0.39, 0.29) is 11.7 Å². The number of thiocarbonyl (C=S) groups is 1. The summed E-state index contributed by atoms with van der Waals surface area (Å²) in [6.07, 6.45) is 0. The molecule has 76 valence electrons. The fourth-order valence-corrected chi connectivity index (χ4v) is 1.35. The summed E-state index contributed by atoms with van der Waals surface area (Å²) in [5, 5.41) is 5.57. The van der Waals surface area contributed by atoms with E-state index in [1.807, 2.05) is 6.92 Å². The van der Waals surface area contributed by atoms with E-state index < -0.39 is 0 Å². The van der Waals surface area contributed by atoms with Crippen LogP contribution in [0.2, 0.25) is 0 Å². The molecule has 2 N–H and O–H groups in total. The summed E-state index contributed by atoms with van der Waals surface area (Å²) in [7, 11) is 0. The number of amides is 1. The monoisotopic (exact) mass is 276 g/mol. The SMILES string of the molecule is CCNC(=S)NC(=O)c1ccc(Br)o1. The molecule has 0 saturated carbocycles. The molecule has 0 spiro atoms. The van der Waals surface area contributed by atoms with E-state index >= 15 is 0 Å². The summed E-state index contributed by atoms with van der Waals surface area (Å²) in [6.45, 7) is 2.56. The van der Waals surface area contributed by atoms with Gasteiger partial charge in [-0.3, -0.25) is 10.1 Å². The quantitative estimate of drug-likeness (QED) is 0.807. The summed E-state index contributed by atoms with van der Waals surface area (Å²) in [5.41, 5.74) is 0. The van der Waals surface area contributed by atoms with Gasteiger partial charge >= 0.3 is 0 Å². The second-order valence-electron chi connectivity index (χ2n) is 2.42. The lowest BCUT2D eigenvalue weighted by Crippen LogP contribution is -2.38.